The standard InChI is InChI=1S/C20H19N2O5P/c1-28(26,27-17-10-6-3-7-11-17)20(21-16-8-4-2-5-9-16)15-12-13-18(22(24)25)19(23)14-15/h2-14,20-21,23H,1H3. The van der Waals surface area contributed by atoms with Gasteiger partial charge in [0.2, 0.25) is 0 Å². The quantitative estimate of drug-likeness (QED) is 0.314. The highest BCUT2D eigenvalue weighted by molar-refractivity contribution is 7.59. The molecule has 28 heavy (non-hydrogen) atoms. The molecule has 0 fully saturated rings. The van der Waals surface area contributed by atoms with Crippen molar-refractivity contribution >= 4 is 18.7 Å². The van der Waals surface area contributed by atoms with Crippen LogP contribution < -0.4 is 9.84 Å². The molecular weight excluding hydrogens is 379 g/mol. The summed E-state index contributed by atoms with van der Waals surface area (Å²) < 4.78 is 19.3. The van der Waals surface area contributed by atoms with Crippen molar-refractivity contribution in [2.75, 3.05) is 12.0 Å². The number of anilines is 1. The van der Waals surface area contributed by atoms with E-state index in [1.54, 1.807) is 36.4 Å². The number of hydrogen-bond donors (Lipinski definition) is 2. The summed E-state index contributed by atoms with van der Waals surface area (Å²) in [5.41, 5.74) is 0.690. The largest absolute Gasteiger partial charge is 0.502 e. The van der Waals surface area contributed by atoms with E-state index in [4.69, 9.17) is 4.52 Å². The highest BCUT2D eigenvalue weighted by Crippen LogP contribution is 2.57. The molecule has 0 bridgehead atoms. The van der Waals surface area contributed by atoms with Crippen LogP contribution in [0.1, 0.15) is 11.3 Å². The van der Waals surface area contributed by atoms with E-state index < -0.39 is 29.5 Å². The first-order valence-electron chi connectivity index (χ1n) is 8.47. The van der Waals surface area contributed by atoms with E-state index in [-0.39, 0.29) is 0 Å². The average molecular weight is 398 g/mol. The lowest BCUT2D eigenvalue weighted by atomic mass is 10.2. The van der Waals surface area contributed by atoms with Crippen LogP contribution in [0.5, 0.6) is 11.5 Å². The molecule has 0 aliphatic carbocycles. The van der Waals surface area contributed by atoms with Crippen LogP contribution in [-0.2, 0) is 4.57 Å². The Labute approximate surface area is 162 Å². The van der Waals surface area contributed by atoms with Gasteiger partial charge < -0.3 is 14.9 Å². The fourth-order valence-corrected chi connectivity index (χ4v) is 4.50. The van der Waals surface area contributed by atoms with Crippen LogP contribution in [0.25, 0.3) is 0 Å². The van der Waals surface area contributed by atoms with Crippen molar-refractivity contribution in [3.63, 3.8) is 0 Å². The van der Waals surface area contributed by atoms with E-state index in [2.05, 4.69) is 5.32 Å². The van der Waals surface area contributed by atoms with Crippen LogP contribution in [-0.4, -0.2) is 16.7 Å². The number of rotatable bonds is 7. The minimum absolute atomic E-state index is 0.411. The summed E-state index contributed by atoms with van der Waals surface area (Å²) >= 11 is 0. The third-order valence-corrected chi connectivity index (χ3v) is 6.03. The number of aromatic hydroxyl groups is 1. The molecule has 0 aliphatic heterocycles. The summed E-state index contributed by atoms with van der Waals surface area (Å²) in [6, 6.07) is 21.8. The topological polar surface area (TPSA) is 102 Å². The van der Waals surface area contributed by atoms with Crippen LogP contribution in [0.3, 0.4) is 0 Å². The van der Waals surface area contributed by atoms with Gasteiger partial charge in [0.15, 0.2) is 5.75 Å². The van der Waals surface area contributed by atoms with Gasteiger partial charge in [-0.25, -0.2) is 0 Å². The second kappa shape index (κ2) is 8.15. The van der Waals surface area contributed by atoms with Gasteiger partial charge >= 0.3 is 5.69 Å². The summed E-state index contributed by atoms with van der Waals surface area (Å²) in [6.45, 7) is 1.49. The Morgan fingerprint density at radius 1 is 1.04 bits per heavy atom. The number of nitrogens with zero attached hydrogens (tertiary/aromatic N) is 1. The summed E-state index contributed by atoms with van der Waals surface area (Å²) in [6.07, 6.45) is 0. The number of nitrogens with one attached hydrogen (secondary N) is 1. The number of benzene rings is 3. The average Bonchev–Trinajstić information content (AvgIpc) is 2.67. The third-order valence-electron chi connectivity index (χ3n) is 4.09. The highest BCUT2D eigenvalue weighted by atomic mass is 31.2. The zero-order valence-corrected chi connectivity index (χ0v) is 16.0. The second-order valence-corrected chi connectivity index (χ2v) is 8.75. The molecule has 0 heterocycles. The second-order valence-electron chi connectivity index (χ2n) is 6.23. The lowest BCUT2D eigenvalue weighted by Gasteiger charge is -2.27. The van der Waals surface area contributed by atoms with Gasteiger partial charge in [0.25, 0.3) is 7.37 Å². The van der Waals surface area contributed by atoms with Gasteiger partial charge in [-0.2, -0.15) is 0 Å². The van der Waals surface area contributed by atoms with Crippen molar-refractivity contribution in [3.8, 4) is 11.5 Å². The van der Waals surface area contributed by atoms with Crippen molar-refractivity contribution < 1.29 is 19.1 Å². The first-order chi connectivity index (χ1) is 13.4. The van der Waals surface area contributed by atoms with E-state index in [0.717, 1.165) is 0 Å². The molecule has 0 aliphatic rings. The maximum absolute atomic E-state index is 13.5. The lowest BCUT2D eigenvalue weighted by molar-refractivity contribution is -0.385. The molecule has 3 rings (SSSR count). The summed E-state index contributed by atoms with van der Waals surface area (Å²) in [7, 11) is -3.36. The van der Waals surface area contributed by atoms with Gasteiger partial charge in [0.1, 0.15) is 11.5 Å². The molecule has 144 valence electrons. The number of para-hydroxylation sites is 2. The van der Waals surface area contributed by atoms with Crippen LogP contribution in [0, 0.1) is 10.1 Å². The van der Waals surface area contributed by atoms with Crippen LogP contribution in [0.4, 0.5) is 11.4 Å². The van der Waals surface area contributed by atoms with E-state index >= 15 is 0 Å². The SMILES string of the molecule is CP(=O)(Oc1ccccc1)C(Nc1ccccc1)c1ccc([N+](=O)[O-])c(O)c1. The first-order valence-corrected chi connectivity index (χ1v) is 10.6. The molecule has 7 nitrogen and oxygen atoms in total. The molecule has 0 saturated heterocycles. The molecule has 0 aromatic heterocycles. The third kappa shape index (κ3) is 4.50. The van der Waals surface area contributed by atoms with Crippen LogP contribution in [0.15, 0.2) is 78.9 Å². The minimum atomic E-state index is -3.36. The normalized spacial score (nSPS) is 13.9. The van der Waals surface area contributed by atoms with Crippen LogP contribution in [0.2, 0.25) is 0 Å². The van der Waals surface area contributed by atoms with E-state index in [0.29, 0.717) is 17.0 Å². The van der Waals surface area contributed by atoms with Gasteiger partial charge in [-0.15, -0.1) is 0 Å². The van der Waals surface area contributed by atoms with Gasteiger partial charge in [0.05, 0.1) is 4.92 Å². The molecule has 0 spiro atoms. The fourth-order valence-electron chi connectivity index (χ4n) is 2.77. The molecule has 8 heteroatoms. The van der Waals surface area contributed by atoms with Crippen molar-refractivity contribution in [3.05, 3.63) is 94.5 Å². The number of phenolic OH excluding ortho intramolecular Hbond substituents is 1. The maximum atomic E-state index is 13.5. The zero-order valence-electron chi connectivity index (χ0n) is 15.1. The van der Waals surface area contributed by atoms with Crippen molar-refractivity contribution in [1.29, 1.82) is 0 Å². The number of hydrogen-bond acceptors (Lipinski definition) is 6. The Morgan fingerprint density at radius 3 is 2.21 bits per heavy atom. The van der Waals surface area contributed by atoms with Crippen LogP contribution >= 0.6 is 7.37 Å². The molecule has 3 aromatic carbocycles. The van der Waals surface area contributed by atoms with Crippen molar-refractivity contribution in [2.45, 2.75) is 5.78 Å². The highest BCUT2D eigenvalue weighted by Gasteiger charge is 2.33. The monoisotopic (exact) mass is 398 g/mol. The molecule has 2 N–H and O–H groups in total. The lowest BCUT2D eigenvalue weighted by Crippen LogP contribution is -2.14. The number of nitro benzene ring substituents is 1. The Hall–Kier alpha value is -3.31. The molecule has 0 amide bonds. The summed E-state index contributed by atoms with van der Waals surface area (Å²) in [4.78, 5) is 10.3. The van der Waals surface area contributed by atoms with E-state index in [1.165, 1.54) is 24.9 Å². The maximum Gasteiger partial charge on any atom is 0.310 e. The molecule has 0 radical (unpaired) electrons. The Bertz CT molecular complexity index is 1010. The molecule has 0 saturated carbocycles. The summed E-state index contributed by atoms with van der Waals surface area (Å²) in [5, 5.41) is 24.2. The predicted octanol–water partition coefficient (Wildman–Crippen LogP) is 5.40. The Morgan fingerprint density at radius 2 is 1.64 bits per heavy atom. The van der Waals surface area contributed by atoms with Crippen molar-refractivity contribution in [1.82, 2.24) is 0 Å². The zero-order chi connectivity index (χ0) is 20.1. The minimum Gasteiger partial charge on any atom is -0.502 e. The Kier molecular flexibility index (Phi) is 5.66. The van der Waals surface area contributed by atoms with Gasteiger partial charge in [-0.3, -0.25) is 14.7 Å². The fraction of sp³-hybridized carbons (Fsp3) is 0.100. The van der Waals surface area contributed by atoms with Gasteiger partial charge in [0, 0.05) is 18.4 Å². The van der Waals surface area contributed by atoms with E-state index in [9.17, 15) is 19.8 Å². The number of nitro groups is 1. The first kappa shape index (κ1) is 19.5. The summed E-state index contributed by atoms with van der Waals surface area (Å²) in [5.74, 6) is -0.886. The van der Waals surface area contributed by atoms with Gasteiger partial charge in [-0.1, -0.05) is 36.4 Å². The molecular formula is C20H19N2O5P. The van der Waals surface area contributed by atoms with Crippen molar-refractivity contribution in [2.24, 2.45) is 0 Å². The van der Waals surface area contributed by atoms with Gasteiger partial charge in [-0.05, 0) is 42.0 Å². The smallest absolute Gasteiger partial charge is 0.310 e. The molecule has 3 aromatic rings. The molecule has 2 atom stereocenters. The van der Waals surface area contributed by atoms with E-state index in [1.807, 2.05) is 24.3 Å². The molecule has 2 unspecified atom stereocenters. The predicted molar refractivity (Wildman–Crippen MR) is 108 cm³/mol. The Balaban J connectivity index is 2.00. The number of phenols is 1.